The van der Waals surface area contributed by atoms with Gasteiger partial charge in [0.2, 0.25) is 5.91 Å². The van der Waals surface area contributed by atoms with E-state index < -0.39 is 0 Å². The lowest BCUT2D eigenvalue weighted by Gasteiger charge is -2.35. The molecule has 156 valence electrons. The van der Waals surface area contributed by atoms with E-state index in [1.54, 1.807) is 19.0 Å². The van der Waals surface area contributed by atoms with Crippen molar-refractivity contribution < 1.29 is 4.79 Å². The maximum Gasteiger partial charge on any atom is 0.243 e. The van der Waals surface area contributed by atoms with Gasteiger partial charge >= 0.3 is 0 Å². The molecule has 0 aromatic carbocycles. The van der Waals surface area contributed by atoms with E-state index >= 15 is 0 Å². The molecule has 2 unspecified atom stereocenters. The fraction of sp³-hybridized carbons (Fsp3) is 0.714. The smallest absolute Gasteiger partial charge is 0.243 e. The highest BCUT2D eigenvalue weighted by Gasteiger charge is 2.25. The molecule has 28 heavy (non-hydrogen) atoms. The summed E-state index contributed by atoms with van der Waals surface area (Å²) in [5.41, 5.74) is 0. The summed E-state index contributed by atoms with van der Waals surface area (Å²) in [6, 6.07) is 5.16. The molecule has 2 aliphatic rings. The molecule has 1 amide bonds. The Morgan fingerprint density at radius 1 is 1.21 bits per heavy atom. The molecule has 1 aromatic rings. The first kappa shape index (κ1) is 21.0. The van der Waals surface area contributed by atoms with Gasteiger partial charge in [0.15, 0.2) is 5.96 Å². The van der Waals surface area contributed by atoms with Crippen LogP contribution in [-0.2, 0) is 4.79 Å². The highest BCUT2D eigenvalue weighted by atomic mass is 32.1. The highest BCUT2D eigenvalue weighted by molar-refractivity contribution is 7.14. The van der Waals surface area contributed by atoms with E-state index in [1.165, 1.54) is 30.7 Å². The summed E-state index contributed by atoms with van der Waals surface area (Å²) in [4.78, 5) is 20.7. The van der Waals surface area contributed by atoms with Crippen LogP contribution in [0.1, 0.15) is 45.4 Å². The summed E-state index contributed by atoms with van der Waals surface area (Å²) in [7, 11) is 3.56. The number of carbonyl (C=O) groups excluding carboxylic acids is 1. The largest absolute Gasteiger partial charge is 0.363 e. The normalized spacial score (nSPS) is 24.1. The van der Waals surface area contributed by atoms with Gasteiger partial charge in [0.05, 0.1) is 5.00 Å². The molecular weight excluding hydrogens is 370 g/mol. The van der Waals surface area contributed by atoms with Crippen LogP contribution in [0.5, 0.6) is 0 Å². The third-order valence-electron chi connectivity index (χ3n) is 5.96. The van der Waals surface area contributed by atoms with Gasteiger partial charge in [0.25, 0.3) is 0 Å². The fourth-order valence-electron chi connectivity index (χ4n) is 4.01. The predicted molar refractivity (Wildman–Crippen MR) is 118 cm³/mol. The summed E-state index contributed by atoms with van der Waals surface area (Å²) in [6.07, 6.45) is 7.20. The number of guanidine groups is 1. The molecule has 2 heterocycles. The maximum absolute atomic E-state index is 12.0. The lowest BCUT2D eigenvalue weighted by Crippen LogP contribution is -2.52. The first-order valence-corrected chi connectivity index (χ1v) is 11.5. The van der Waals surface area contributed by atoms with Gasteiger partial charge in [-0.15, -0.1) is 11.3 Å². The Morgan fingerprint density at radius 3 is 2.61 bits per heavy atom. The second-order valence-corrected chi connectivity index (χ2v) is 9.25. The molecule has 1 aromatic heterocycles. The van der Waals surface area contributed by atoms with E-state index in [1.807, 2.05) is 11.3 Å². The van der Waals surface area contributed by atoms with E-state index in [2.05, 4.69) is 45.0 Å². The lowest BCUT2D eigenvalue weighted by molar-refractivity contribution is -0.127. The van der Waals surface area contributed by atoms with E-state index in [9.17, 15) is 4.79 Å². The van der Waals surface area contributed by atoms with Crippen LogP contribution in [0, 0.1) is 5.92 Å². The molecule has 0 bridgehead atoms. The van der Waals surface area contributed by atoms with Crippen LogP contribution in [0.2, 0.25) is 0 Å². The second-order valence-electron chi connectivity index (χ2n) is 8.32. The molecule has 2 atom stereocenters. The molecule has 6 nitrogen and oxygen atoms in total. The average molecular weight is 406 g/mol. The quantitative estimate of drug-likeness (QED) is 0.584. The van der Waals surface area contributed by atoms with Crippen LogP contribution in [0.3, 0.4) is 0 Å². The van der Waals surface area contributed by atoms with Crippen LogP contribution >= 0.6 is 11.3 Å². The van der Waals surface area contributed by atoms with Gasteiger partial charge in [0.1, 0.15) is 6.54 Å². The van der Waals surface area contributed by atoms with Crippen molar-refractivity contribution in [2.75, 3.05) is 38.6 Å². The third kappa shape index (κ3) is 5.87. The zero-order valence-electron chi connectivity index (χ0n) is 17.5. The van der Waals surface area contributed by atoms with Crippen molar-refractivity contribution >= 4 is 28.2 Å². The van der Waals surface area contributed by atoms with Crippen LogP contribution < -0.4 is 15.5 Å². The molecule has 2 fully saturated rings. The highest BCUT2D eigenvalue weighted by Crippen LogP contribution is 2.25. The number of piperidine rings is 1. The van der Waals surface area contributed by atoms with Gasteiger partial charge < -0.3 is 20.4 Å². The minimum atomic E-state index is 0.0327. The number of aliphatic imine (C=N–C) groups is 1. The average Bonchev–Trinajstić information content (AvgIpc) is 3.23. The first-order valence-electron chi connectivity index (χ1n) is 10.6. The Labute approximate surface area is 173 Å². The molecule has 3 rings (SSSR count). The van der Waals surface area contributed by atoms with Crippen molar-refractivity contribution in [1.82, 2.24) is 15.5 Å². The zero-order chi connectivity index (χ0) is 19.9. The lowest BCUT2D eigenvalue weighted by atomic mass is 9.86. The van der Waals surface area contributed by atoms with Crippen LogP contribution in [0.4, 0.5) is 5.00 Å². The van der Waals surface area contributed by atoms with E-state index in [0.29, 0.717) is 18.0 Å². The number of amides is 1. The van der Waals surface area contributed by atoms with Gasteiger partial charge in [0, 0.05) is 39.3 Å². The Hall–Kier alpha value is -1.76. The number of likely N-dealkylation sites (N-methyl/N-ethyl adjacent to an activating group) is 1. The number of anilines is 1. The van der Waals surface area contributed by atoms with Crippen LogP contribution in [0.25, 0.3) is 0 Å². The summed E-state index contributed by atoms with van der Waals surface area (Å²) in [6.45, 7) is 4.63. The van der Waals surface area contributed by atoms with Crippen LogP contribution in [-0.4, -0.2) is 62.6 Å². The van der Waals surface area contributed by atoms with Gasteiger partial charge in [-0.3, -0.25) is 4.79 Å². The minimum Gasteiger partial charge on any atom is -0.363 e. The zero-order valence-corrected chi connectivity index (χ0v) is 18.3. The topological polar surface area (TPSA) is 60.0 Å². The van der Waals surface area contributed by atoms with E-state index in [-0.39, 0.29) is 12.5 Å². The Morgan fingerprint density at radius 2 is 1.96 bits per heavy atom. The number of nitrogens with zero attached hydrogens (tertiary/aromatic N) is 3. The standard InChI is InChI=1S/C21H35N5OS/c1-16-7-4-5-8-18(16)24-21(22-15-19(27)25(2)3)23-17-10-12-26(13-11-17)20-9-6-14-28-20/h6,9,14,16-18H,4-5,7-8,10-13,15H2,1-3H3,(H2,22,23,24). The third-order valence-corrected chi connectivity index (χ3v) is 6.89. The molecule has 1 aliphatic heterocycles. The van der Waals surface area contributed by atoms with Gasteiger partial charge in [-0.2, -0.15) is 0 Å². The fourth-order valence-corrected chi connectivity index (χ4v) is 4.80. The molecule has 0 radical (unpaired) electrons. The number of nitrogens with one attached hydrogen (secondary N) is 2. The Balaban J connectivity index is 1.58. The second kappa shape index (κ2) is 10.1. The van der Waals surface area contributed by atoms with Gasteiger partial charge in [-0.25, -0.2) is 4.99 Å². The Bertz CT molecular complexity index is 637. The Kier molecular flexibility index (Phi) is 7.59. The van der Waals surface area contributed by atoms with Crippen molar-refractivity contribution in [3.63, 3.8) is 0 Å². The molecule has 1 aliphatic carbocycles. The molecule has 0 spiro atoms. The molecule has 1 saturated carbocycles. The monoisotopic (exact) mass is 405 g/mol. The molecular formula is C21H35N5OS. The number of thiophene rings is 1. The SMILES string of the molecule is CC1CCCCC1NC(=NCC(=O)N(C)C)NC1CCN(c2cccs2)CC1. The predicted octanol–water partition coefficient (Wildman–Crippen LogP) is 2.92. The number of hydrogen-bond donors (Lipinski definition) is 2. The summed E-state index contributed by atoms with van der Waals surface area (Å²) >= 11 is 1.81. The molecule has 7 heteroatoms. The van der Waals surface area contributed by atoms with Crippen LogP contribution in [0.15, 0.2) is 22.5 Å². The summed E-state index contributed by atoms with van der Waals surface area (Å²) < 4.78 is 0. The maximum atomic E-state index is 12.0. The first-order chi connectivity index (χ1) is 13.5. The van der Waals surface area contributed by atoms with E-state index in [0.717, 1.165) is 31.9 Å². The number of hydrogen-bond acceptors (Lipinski definition) is 4. The van der Waals surface area contributed by atoms with Gasteiger partial charge in [-0.1, -0.05) is 19.8 Å². The van der Waals surface area contributed by atoms with Crippen molar-refractivity contribution in [3.05, 3.63) is 17.5 Å². The van der Waals surface area contributed by atoms with Crippen molar-refractivity contribution in [1.29, 1.82) is 0 Å². The molecule has 1 saturated heterocycles. The number of carbonyl (C=O) groups is 1. The van der Waals surface area contributed by atoms with E-state index in [4.69, 9.17) is 0 Å². The van der Waals surface area contributed by atoms with Crippen molar-refractivity contribution in [2.24, 2.45) is 10.9 Å². The summed E-state index contributed by atoms with van der Waals surface area (Å²) in [5.74, 6) is 1.49. The summed E-state index contributed by atoms with van der Waals surface area (Å²) in [5, 5.41) is 10.8. The molecule has 2 N–H and O–H groups in total. The minimum absolute atomic E-state index is 0.0327. The number of rotatable bonds is 5. The van der Waals surface area contributed by atoms with Crippen molar-refractivity contribution in [3.8, 4) is 0 Å². The van der Waals surface area contributed by atoms with Gasteiger partial charge in [-0.05, 0) is 49.1 Å². The van der Waals surface area contributed by atoms with Crippen molar-refractivity contribution in [2.45, 2.75) is 57.5 Å².